The van der Waals surface area contributed by atoms with Crippen molar-refractivity contribution in [2.24, 2.45) is 0 Å². The van der Waals surface area contributed by atoms with E-state index in [1.165, 1.54) is 17.0 Å². The maximum absolute atomic E-state index is 13.8. The van der Waals surface area contributed by atoms with Gasteiger partial charge in [0.1, 0.15) is 0 Å². The van der Waals surface area contributed by atoms with Crippen molar-refractivity contribution in [2.45, 2.75) is 25.9 Å². The molecule has 0 unspecified atom stereocenters. The van der Waals surface area contributed by atoms with Crippen molar-refractivity contribution in [3.8, 4) is 11.3 Å². The Labute approximate surface area is 280 Å². The zero-order valence-corrected chi connectivity index (χ0v) is 26.8. The van der Waals surface area contributed by atoms with Gasteiger partial charge < -0.3 is 10.6 Å². The number of pyridine rings is 1. The molecule has 4 amide bonds. The average molecular weight is 657 g/mol. The molecule has 7 rings (SSSR count). The van der Waals surface area contributed by atoms with Gasteiger partial charge >= 0.3 is 0 Å². The Morgan fingerprint density at radius 1 is 0.673 bits per heavy atom. The molecule has 12 heteroatoms. The summed E-state index contributed by atoms with van der Waals surface area (Å²) in [6, 6.07) is 21.3. The molecule has 2 aliphatic rings. The molecule has 5 aromatic rings. The molecule has 0 saturated heterocycles. The molecular weight excluding hydrogens is 624 g/mol. The van der Waals surface area contributed by atoms with Gasteiger partial charge in [-0.05, 0) is 61.0 Å². The Hall–Kier alpha value is -5.85. The molecule has 0 spiro atoms. The quantitative estimate of drug-likeness (QED) is 0.0882. The minimum Gasteiger partial charge on any atom is -0.313 e. The number of hydrogen-bond donors (Lipinski definition) is 2. The highest BCUT2D eigenvalue weighted by Gasteiger charge is 2.38. The van der Waals surface area contributed by atoms with Crippen molar-refractivity contribution in [3.63, 3.8) is 0 Å². The van der Waals surface area contributed by atoms with Crippen molar-refractivity contribution < 1.29 is 24.1 Å². The van der Waals surface area contributed by atoms with E-state index in [4.69, 9.17) is 0 Å². The van der Waals surface area contributed by atoms with Gasteiger partial charge in [-0.15, -0.1) is 0 Å². The molecule has 4 aromatic carbocycles. The summed E-state index contributed by atoms with van der Waals surface area (Å²) in [7, 11) is 0. The summed E-state index contributed by atoms with van der Waals surface area (Å²) < 4.78 is 0. The molecule has 2 atom stereocenters. The molecular formula is C37H32N6O6. The van der Waals surface area contributed by atoms with E-state index in [0.29, 0.717) is 52.5 Å². The van der Waals surface area contributed by atoms with Crippen LogP contribution in [0.5, 0.6) is 0 Å². The highest BCUT2D eigenvalue weighted by atomic mass is 16.6. The lowest BCUT2D eigenvalue weighted by Crippen LogP contribution is -2.51. The number of hydrogen-bond acceptors (Lipinski definition) is 9. The number of benzene rings is 4. The monoisotopic (exact) mass is 656 g/mol. The standard InChI is InChI=1S/C37H32N6O6/c1-21(41-34(44)27-9-5-7-23-15-25(31-11-3-4-12-40-31)17-29(32(23)27)36(41)46)19-38-13-14-39-20-22(2)42-35(45)28-10-6-8-24-16-26(43(48)49)18-30(33(24)28)37(42)47/h3-12,15-18,21-22,38-39H,13-14,19-20H2,1-2H3/t21-,22-/m0/s1. The molecule has 2 N–H and O–H groups in total. The van der Waals surface area contributed by atoms with E-state index in [-0.39, 0.29) is 29.6 Å². The Bertz CT molecular complexity index is 2200. The summed E-state index contributed by atoms with van der Waals surface area (Å²) in [4.78, 5) is 72.0. The Kier molecular flexibility index (Phi) is 8.18. The lowest BCUT2D eigenvalue weighted by Gasteiger charge is -2.32. The van der Waals surface area contributed by atoms with Crippen molar-refractivity contribution in [1.29, 1.82) is 0 Å². The van der Waals surface area contributed by atoms with E-state index in [1.54, 1.807) is 43.5 Å². The fraction of sp³-hybridized carbons (Fsp3) is 0.216. The number of rotatable bonds is 11. The number of carbonyl (C=O) groups is 4. The molecule has 49 heavy (non-hydrogen) atoms. The van der Waals surface area contributed by atoms with Crippen LogP contribution in [-0.4, -0.2) is 81.6 Å². The van der Waals surface area contributed by atoms with Crippen molar-refractivity contribution >= 4 is 50.9 Å². The SMILES string of the molecule is C[C@@H](CNCCNC[C@H](C)N1C(=O)c2cccc3cc([N+](=O)[O-])cc(c23)C1=O)N1C(=O)c2cccc3cc(-c4ccccn4)cc(c23)C1=O. The van der Waals surface area contributed by atoms with Gasteiger partial charge in [0.2, 0.25) is 0 Å². The highest BCUT2D eigenvalue weighted by Crippen LogP contribution is 2.36. The lowest BCUT2D eigenvalue weighted by atomic mass is 9.90. The van der Waals surface area contributed by atoms with Crippen LogP contribution < -0.4 is 10.6 Å². The molecule has 0 aliphatic carbocycles. The molecule has 12 nitrogen and oxygen atoms in total. The second kappa shape index (κ2) is 12.6. The number of imide groups is 2. The first-order chi connectivity index (χ1) is 23.7. The molecule has 1 aromatic heterocycles. The largest absolute Gasteiger partial charge is 0.313 e. The zero-order chi connectivity index (χ0) is 34.4. The smallest absolute Gasteiger partial charge is 0.270 e. The van der Waals surface area contributed by atoms with E-state index >= 15 is 0 Å². The van der Waals surface area contributed by atoms with Crippen LogP contribution in [0.1, 0.15) is 55.3 Å². The first-order valence-electron chi connectivity index (χ1n) is 16.0. The predicted molar refractivity (Wildman–Crippen MR) is 183 cm³/mol. The third-order valence-electron chi connectivity index (χ3n) is 9.15. The molecule has 3 heterocycles. The van der Waals surface area contributed by atoms with Crippen LogP contribution in [-0.2, 0) is 0 Å². The maximum Gasteiger partial charge on any atom is 0.270 e. The van der Waals surface area contributed by atoms with Crippen molar-refractivity contribution in [3.05, 3.63) is 117 Å². The number of nitrogens with one attached hydrogen (secondary N) is 2. The number of nitro groups is 1. The fourth-order valence-electron chi connectivity index (χ4n) is 6.81. The van der Waals surface area contributed by atoms with Crippen LogP contribution in [0.15, 0.2) is 85.1 Å². The molecule has 0 bridgehead atoms. The Morgan fingerprint density at radius 2 is 1.20 bits per heavy atom. The maximum atomic E-state index is 13.8. The Morgan fingerprint density at radius 3 is 1.73 bits per heavy atom. The van der Waals surface area contributed by atoms with Crippen LogP contribution >= 0.6 is 0 Å². The van der Waals surface area contributed by atoms with Gasteiger partial charge in [0.15, 0.2) is 0 Å². The topological polar surface area (TPSA) is 155 Å². The van der Waals surface area contributed by atoms with Crippen LogP contribution in [0.2, 0.25) is 0 Å². The van der Waals surface area contributed by atoms with Gasteiger partial charge in [-0.25, -0.2) is 0 Å². The molecule has 2 aliphatic heterocycles. The van der Waals surface area contributed by atoms with Gasteiger partial charge in [0.25, 0.3) is 29.3 Å². The fourth-order valence-corrected chi connectivity index (χ4v) is 6.81. The van der Waals surface area contributed by atoms with E-state index in [0.717, 1.165) is 21.5 Å². The van der Waals surface area contributed by atoms with Crippen LogP contribution in [0.25, 0.3) is 32.8 Å². The van der Waals surface area contributed by atoms with Crippen molar-refractivity contribution in [2.75, 3.05) is 26.2 Å². The zero-order valence-electron chi connectivity index (χ0n) is 26.8. The molecule has 0 radical (unpaired) electrons. The minimum atomic E-state index is -0.570. The number of carbonyl (C=O) groups excluding carboxylic acids is 4. The van der Waals surface area contributed by atoms with Gasteiger partial charge in [0.05, 0.1) is 16.2 Å². The van der Waals surface area contributed by atoms with Crippen LogP contribution in [0, 0.1) is 10.1 Å². The number of non-ortho nitro benzene ring substituents is 1. The first-order valence-corrected chi connectivity index (χ1v) is 16.0. The summed E-state index contributed by atoms with van der Waals surface area (Å²) in [6.45, 7) is 5.16. The van der Waals surface area contributed by atoms with Crippen LogP contribution in [0.4, 0.5) is 5.69 Å². The average Bonchev–Trinajstić information content (AvgIpc) is 3.10. The summed E-state index contributed by atoms with van der Waals surface area (Å²) in [5.41, 5.74) is 2.73. The highest BCUT2D eigenvalue weighted by molar-refractivity contribution is 6.27. The molecule has 0 fully saturated rings. The second-order valence-corrected chi connectivity index (χ2v) is 12.4. The third-order valence-corrected chi connectivity index (χ3v) is 9.15. The minimum absolute atomic E-state index is 0.135. The third kappa shape index (κ3) is 5.50. The van der Waals surface area contributed by atoms with Crippen molar-refractivity contribution in [1.82, 2.24) is 25.4 Å². The summed E-state index contributed by atoms with van der Waals surface area (Å²) >= 11 is 0. The molecule has 246 valence electrons. The van der Waals surface area contributed by atoms with Gasteiger partial charge in [-0.1, -0.05) is 30.3 Å². The van der Waals surface area contributed by atoms with Gasteiger partial charge in [-0.3, -0.25) is 44.1 Å². The van der Waals surface area contributed by atoms with E-state index < -0.39 is 28.8 Å². The number of amides is 4. The predicted octanol–water partition coefficient (Wildman–Crippen LogP) is 4.81. The summed E-state index contributed by atoms with van der Waals surface area (Å²) in [6.07, 6.45) is 1.70. The van der Waals surface area contributed by atoms with Gasteiger partial charge in [0, 0.05) is 89.6 Å². The molecule has 0 saturated carbocycles. The first kappa shape index (κ1) is 31.7. The Balaban J connectivity index is 0.971. The number of nitrogens with zero attached hydrogens (tertiary/aromatic N) is 4. The van der Waals surface area contributed by atoms with E-state index in [9.17, 15) is 29.3 Å². The van der Waals surface area contributed by atoms with Gasteiger partial charge in [-0.2, -0.15) is 0 Å². The summed E-state index contributed by atoms with van der Waals surface area (Å²) in [5.74, 6) is -1.71. The number of nitro benzene ring substituents is 1. The van der Waals surface area contributed by atoms with Crippen LogP contribution in [0.3, 0.4) is 0 Å². The lowest BCUT2D eigenvalue weighted by molar-refractivity contribution is -0.384. The second-order valence-electron chi connectivity index (χ2n) is 12.4. The number of aromatic nitrogens is 1. The van der Waals surface area contributed by atoms with E-state index in [2.05, 4.69) is 15.6 Å². The summed E-state index contributed by atoms with van der Waals surface area (Å²) in [5, 5.41) is 20.4. The van der Waals surface area contributed by atoms with E-state index in [1.807, 2.05) is 43.3 Å². The normalized spacial score (nSPS) is 15.3.